The number of hydrogen-bond acceptors (Lipinski definition) is 10. The van der Waals surface area contributed by atoms with E-state index in [9.17, 15) is 14.4 Å². The first kappa shape index (κ1) is 41.1. The molecular formula is C29H52O10. The molecule has 0 aromatic heterocycles. The van der Waals surface area contributed by atoms with Crippen molar-refractivity contribution in [2.75, 3.05) is 48.1 Å². The predicted molar refractivity (Wildman–Crippen MR) is 150 cm³/mol. The fraction of sp³-hybridized carbons (Fsp3) is 0.724. The van der Waals surface area contributed by atoms with Gasteiger partial charge in [-0.25, -0.2) is 0 Å². The molecule has 2 atom stereocenters. The van der Waals surface area contributed by atoms with E-state index >= 15 is 0 Å². The number of allylic oxidation sites excluding steroid dienone is 3. The van der Waals surface area contributed by atoms with Crippen LogP contribution in [-0.2, 0) is 47.6 Å². The molecule has 2 aliphatic rings. The van der Waals surface area contributed by atoms with Gasteiger partial charge in [0.05, 0.1) is 26.6 Å². The highest BCUT2D eigenvalue weighted by atomic mass is 16.7. The lowest BCUT2D eigenvalue weighted by molar-refractivity contribution is -0.156. The van der Waals surface area contributed by atoms with Crippen molar-refractivity contribution in [2.45, 2.75) is 68.7 Å². The van der Waals surface area contributed by atoms with Crippen molar-refractivity contribution in [1.29, 1.82) is 0 Å². The molecule has 2 fully saturated rings. The molecule has 0 saturated heterocycles. The summed E-state index contributed by atoms with van der Waals surface area (Å²) in [5.74, 6) is 0.0895. The molecule has 39 heavy (non-hydrogen) atoms. The third-order valence-corrected chi connectivity index (χ3v) is 6.59. The average molecular weight is 561 g/mol. The van der Waals surface area contributed by atoms with Crippen molar-refractivity contribution in [1.82, 2.24) is 0 Å². The van der Waals surface area contributed by atoms with Crippen LogP contribution in [0.15, 0.2) is 23.5 Å². The second kappa shape index (κ2) is 21.4. The molecule has 0 aromatic carbocycles. The maximum absolute atomic E-state index is 11.0. The maximum Gasteiger partial charge on any atom is 0.310 e. The van der Waals surface area contributed by atoms with Crippen molar-refractivity contribution in [3.63, 3.8) is 0 Å². The van der Waals surface area contributed by atoms with Crippen LogP contribution in [0.5, 0.6) is 0 Å². The summed E-state index contributed by atoms with van der Waals surface area (Å²) >= 11 is 0. The molecule has 10 nitrogen and oxygen atoms in total. The Labute approximate surface area is 235 Å². The Kier molecular flexibility index (Phi) is 22.6. The second-order valence-corrected chi connectivity index (χ2v) is 10.0. The topological polar surface area (TPSA) is 124 Å². The van der Waals surface area contributed by atoms with Crippen LogP contribution in [0, 0.1) is 22.7 Å². The van der Waals surface area contributed by atoms with Gasteiger partial charge in [-0.2, -0.15) is 0 Å². The number of ether oxygens (including phenoxy) is 6. The van der Waals surface area contributed by atoms with Crippen molar-refractivity contribution in [3.8, 4) is 0 Å². The van der Waals surface area contributed by atoms with Crippen LogP contribution in [0.25, 0.3) is 0 Å². The molecule has 0 amide bonds. The Morgan fingerprint density at radius 3 is 1.44 bits per heavy atom. The molecule has 0 bridgehead atoms. The van der Waals surface area contributed by atoms with E-state index in [1.54, 1.807) is 34.3 Å². The molecule has 2 aliphatic carbocycles. The van der Waals surface area contributed by atoms with Crippen LogP contribution in [0.1, 0.15) is 68.7 Å². The first-order valence-corrected chi connectivity index (χ1v) is 12.3. The molecule has 10 heteroatoms. The molecule has 0 aliphatic heterocycles. The third kappa shape index (κ3) is 15.7. The van der Waals surface area contributed by atoms with Crippen molar-refractivity contribution < 1.29 is 47.6 Å². The van der Waals surface area contributed by atoms with Gasteiger partial charge >= 0.3 is 11.9 Å². The quantitative estimate of drug-likeness (QED) is 0.0910. The van der Waals surface area contributed by atoms with Gasteiger partial charge in [0.1, 0.15) is 20.4 Å². The fourth-order valence-electron chi connectivity index (χ4n) is 3.95. The van der Waals surface area contributed by atoms with E-state index in [0.717, 1.165) is 19.4 Å². The van der Waals surface area contributed by atoms with E-state index in [4.69, 9.17) is 28.5 Å². The standard InChI is InChI=1S/C12H20O3.C11H20O3.C4H6O3.CH2O.CH4/c1-9(13)5-10-6-11(12(10,2)3)7-15-8-14-4;1-11(2)9(6-12-3)5-10(11)7-14-8-13-4;1-3(5)7-4(2)6;1-2;/h5,11H,6-8H2,1-4H3;6,10H,5,7-8H2,1-4H3;1-2H3;1H2;1H4. The summed E-state index contributed by atoms with van der Waals surface area (Å²) in [7, 11) is 4.95. The van der Waals surface area contributed by atoms with Gasteiger partial charge in [0.2, 0.25) is 0 Å². The molecule has 2 unspecified atom stereocenters. The normalized spacial score (nSPS) is 21.5. The number of carbonyl (C=O) groups excluding carboxylic acids is 4. The summed E-state index contributed by atoms with van der Waals surface area (Å²) in [6, 6.07) is 0. The number of hydrogen-bond donors (Lipinski definition) is 0. The minimum Gasteiger partial charge on any atom is -0.504 e. The van der Waals surface area contributed by atoms with E-state index in [1.807, 2.05) is 13.1 Å². The van der Waals surface area contributed by atoms with Crippen LogP contribution in [-0.4, -0.2) is 72.6 Å². The second-order valence-electron chi connectivity index (χ2n) is 10.0. The Bertz CT molecular complexity index is 771. The van der Waals surface area contributed by atoms with E-state index in [0.29, 0.717) is 32.0 Å². The molecule has 0 radical (unpaired) electrons. The number of ketones is 1. The Balaban J connectivity index is -0.000000504. The van der Waals surface area contributed by atoms with Crippen LogP contribution in [0.3, 0.4) is 0 Å². The lowest BCUT2D eigenvalue weighted by Gasteiger charge is -2.47. The average Bonchev–Trinajstić information content (AvgIpc) is 2.83. The van der Waals surface area contributed by atoms with Crippen LogP contribution in [0.2, 0.25) is 0 Å². The fourth-order valence-corrected chi connectivity index (χ4v) is 3.95. The summed E-state index contributed by atoms with van der Waals surface area (Å²) in [5, 5.41) is 0. The van der Waals surface area contributed by atoms with Crippen molar-refractivity contribution in [2.24, 2.45) is 22.7 Å². The summed E-state index contributed by atoms with van der Waals surface area (Å²) in [6.45, 7) is 16.9. The molecular weight excluding hydrogens is 508 g/mol. The summed E-state index contributed by atoms with van der Waals surface area (Å²) in [4.78, 5) is 38.6. The highest BCUT2D eigenvalue weighted by Crippen LogP contribution is 2.51. The van der Waals surface area contributed by atoms with Gasteiger partial charge in [-0.05, 0) is 54.1 Å². The smallest absolute Gasteiger partial charge is 0.310 e. The zero-order valence-corrected chi connectivity index (χ0v) is 24.8. The van der Waals surface area contributed by atoms with Gasteiger partial charge < -0.3 is 33.2 Å². The van der Waals surface area contributed by atoms with Gasteiger partial charge in [0.25, 0.3) is 0 Å². The summed E-state index contributed by atoms with van der Waals surface area (Å²) in [5.41, 5.74) is 2.91. The Morgan fingerprint density at radius 1 is 0.795 bits per heavy atom. The van der Waals surface area contributed by atoms with E-state index < -0.39 is 11.9 Å². The first-order valence-electron chi connectivity index (χ1n) is 12.3. The lowest BCUT2D eigenvalue weighted by Crippen LogP contribution is -2.41. The number of methoxy groups -OCH3 is 3. The van der Waals surface area contributed by atoms with Gasteiger partial charge in [0, 0.05) is 28.1 Å². The summed E-state index contributed by atoms with van der Waals surface area (Å²) in [6.07, 6.45) is 5.65. The molecule has 2 rings (SSSR count). The van der Waals surface area contributed by atoms with Gasteiger partial charge in [-0.1, -0.05) is 40.7 Å². The lowest BCUT2D eigenvalue weighted by atomic mass is 9.59. The minimum atomic E-state index is -0.562. The molecule has 2 saturated carbocycles. The molecule has 0 spiro atoms. The number of rotatable bonds is 10. The minimum absolute atomic E-state index is 0. The van der Waals surface area contributed by atoms with Gasteiger partial charge in [-0.15, -0.1) is 0 Å². The van der Waals surface area contributed by atoms with Gasteiger partial charge in [-0.3, -0.25) is 14.4 Å². The Morgan fingerprint density at radius 2 is 1.18 bits per heavy atom. The highest BCUT2D eigenvalue weighted by molar-refractivity contribution is 5.88. The van der Waals surface area contributed by atoms with Crippen LogP contribution < -0.4 is 0 Å². The largest absolute Gasteiger partial charge is 0.504 e. The van der Waals surface area contributed by atoms with E-state index in [-0.39, 0.29) is 24.0 Å². The highest BCUT2D eigenvalue weighted by Gasteiger charge is 2.44. The van der Waals surface area contributed by atoms with Gasteiger partial charge in [0.15, 0.2) is 5.78 Å². The first-order chi connectivity index (χ1) is 17.7. The van der Waals surface area contributed by atoms with Crippen molar-refractivity contribution in [3.05, 3.63) is 23.5 Å². The Hall–Kier alpha value is -2.40. The predicted octanol–water partition coefficient (Wildman–Crippen LogP) is 4.90. The maximum atomic E-state index is 11.0. The molecule has 0 N–H and O–H groups in total. The van der Waals surface area contributed by atoms with Crippen molar-refractivity contribution >= 4 is 24.5 Å². The summed E-state index contributed by atoms with van der Waals surface area (Å²) < 4.78 is 29.4. The molecule has 0 heterocycles. The van der Waals surface area contributed by atoms with E-state index in [2.05, 4.69) is 32.4 Å². The number of carbonyl (C=O) groups is 4. The molecule has 228 valence electrons. The zero-order valence-electron chi connectivity index (χ0n) is 24.8. The molecule has 0 aromatic rings. The zero-order chi connectivity index (χ0) is 29.9. The number of esters is 2. The van der Waals surface area contributed by atoms with E-state index in [1.165, 1.54) is 25.0 Å². The SMILES string of the molecule is C.C=O.CC(=O)OC(C)=O.COC=C1CC(COCOC)C1(C)C.COCOCC1CC(=CC(C)=O)C1(C)C. The van der Waals surface area contributed by atoms with Crippen LogP contribution in [0.4, 0.5) is 0 Å². The van der Waals surface area contributed by atoms with Crippen LogP contribution >= 0.6 is 0 Å². The third-order valence-electron chi connectivity index (χ3n) is 6.59. The monoisotopic (exact) mass is 560 g/mol.